The van der Waals surface area contributed by atoms with Crippen LogP contribution in [-0.2, 0) is 6.42 Å². The van der Waals surface area contributed by atoms with E-state index in [1.165, 1.54) is 5.69 Å². The third kappa shape index (κ3) is 2.29. The molecule has 0 atom stereocenters. The van der Waals surface area contributed by atoms with Gasteiger partial charge in [-0.15, -0.1) is 0 Å². The van der Waals surface area contributed by atoms with E-state index in [9.17, 15) is 0 Å². The van der Waals surface area contributed by atoms with E-state index in [0.717, 1.165) is 30.0 Å². The van der Waals surface area contributed by atoms with Crippen LogP contribution in [-0.4, -0.2) is 14.4 Å². The molecule has 19 heavy (non-hydrogen) atoms. The van der Waals surface area contributed by atoms with Gasteiger partial charge in [0.2, 0.25) is 0 Å². The molecule has 3 aromatic rings. The van der Waals surface area contributed by atoms with Crippen LogP contribution in [0.15, 0.2) is 48.9 Å². The van der Waals surface area contributed by atoms with Crippen molar-refractivity contribution in [3.8, 4) is 0 Å². The third-order valence-corrected chi connectivity index (χ3v) is 3.05. The number of aromatic nitrogens is 3. The Balaban J connectivity index is 2.00. The molecule has 0 amide bonds. The maximum Gasteiger partial charge on any atom is 0.180 e. The summed E-state index contributed by atoms with van der Waals surface area (Å²) in [5.74, 6) is 0.788. The predicted molar refractivity (Wildman–Crippen MR) is 76.7 cm³/mol. The summed E-state index contributed by atoms with van der Waals surface area (Å²) in [6.45, 7) is 2.17. The van der Waals surface area contributed by atoms with Gasteiger partial charge in [0.25, 0.3) is 0 Å². The number of nitrogens with one attached hydrogen (secondary N) is 1. The van der Waals surface area contributed by atoms with Gasteiger partial charge in [0.05, 0.1) is 0 Å². The molecule has 0 fully saturated rings. The van der Waals surface area contributed by atoms with Gasteiger partial charge in [-0.25, -0.2) is 9.97 Å². The highest BCUT2D eigenvalue weighted by Crippen LogP contribution is 2.19. The van der Waals surface area contributed by atoms with Crippen LogP contribution in [0.25, 0.3) is 5.65 Å². The molecule has 0 aliphatic carbocycles. The number of rotatable bonds is 4. The molecule has 0 spiro atoms. The molecule has 0 radical (unpaired) electrons. The summed E-state index contributed by atoms with van der Waals surface area (Å²) in [7, 11) is 0. The molecular weight excluding hydrogens is 236 g/mol. The highest BCUT2D eigenvalue weighted by Gasteiger charge is 2.07. The van der Waals surface area contributed by atoms with Crippen LogP contribution >= 0.6 is 0 Å². The third-order valence-electron chi connectivity index (χ3n) is 3.05. The Morgan fingerprint density at radius 3 is 2.79 bits per heavy atom. The fraction of sp³-hybridized carbons (Fsp3) is 0.200. The molecule has 0 unspecified atom stereocenters. The standard InChI is InChI=1S/C15H16N4/c1-2-6-13-11-17-15-14(16-9-10-19(13)15)18-12-7-4-3-5-8-12/h3-5,7-11H,2,6H2,1H3,(H,16,18). The zero-order valence-electron chi connectivity index (χ0n) is 10.9. The Morgan fingerprint density at radius 1 is 1.16 bits per heavy atom. The van der Waals surface area contributed by atoms with Gasteiger partial charge in [0, 0.05) is 30.0 Å². The Labute approximate surface area is 112 Å². The first-order valence-corrected chi connectivity index (χ1v) is 6.51. The molecule has 4 nitrogen and oxygen atoms in total. The van der Waals surface area contributed by atoms with Crippen LogP contribution in [0.2, 0.25) is 0 Å². The minimum atomic E-state index is 0.788. The van der Waals surface area contributed by atoms with Crippen molar-refractivity contribution in [1.29, 1.82) is 0 Å². The van der Waals surface area contributed by atoms with Gasteiger partial charge < -0.3 is 5.32 Å². The van der Waals surface area contributed by atoms with E-state index in [1.807, 2.05) is 42.7 Å². The summed E-state index contributed by atoms with van der Waals surface area (Å²) in [5, 5.41) is 3.31. The van der Waals surface area contributed by atoms with Crippen LogP contribution in [0.4, 0.5) is 11.5 Å². The van der Waals surface area contributed by atoms with E-state index >= 15 is 0 Å². The van der Waals surface area contributed by atoms with Crippen LogP contribution in [0, 0.1) is 0 Å². The molecule has 1 aromatic carbocycles. The van der Waals surface area contributed by atoms with E-state index < -0.39 is 0 Å². The zero-order chi connectivity index (χ0) is 13.1. The number of aryl methyl sites for hydroxylation is 1. The minimum Gasteiger partial charge on any atom is -0.337 e. The number of benzene rings is 1. The van der Waals surface area contributed by atoms with Crippen molar-refractivity contribution < 1.29 is 0 Å². The summed E-state index contributed by atoms with van der Waals surface area (Å²) >= 11 is 0. The number of imidazole rings is 1. The van der Waals surface area contributed by atoms with E-state index in [0.29, 0.717) is 0 Å². The first-order valence-electron chi connectivity index (χ1n) is 6.51. The predicted octanol–water partition coefficient (Wildman–Crippen LogP) is 3.43. The van der Waals surface area contributed by atoms with E-state index in [1.54, 1.807) is 6.20 Å². The minimum absolute atomic E-state index is 0.788. The second-order valence-corrected chi connectivity index (χ2v) is 4.46. The summed E-state index contributed by atoms with van der Waals surface area (Å²) < 4.78 is 2.10. The summed E-state index contributed by atoms with van der Waals surface area (Å²) in [6.07, 6.45) is 7.83. The molecule has 1 N–H and O–H groups in total. The lowest BCUT2D eigenvalue weighted by molar-refractivity contribution is 0.865. The Bertz CT molecular complexity index is 673. The molecule has 2 heterocycles. The van der Waals surface area contributed by atoms with Crippen molar-refractivity contribution in [1.82, 2.24) is 14.4 Å². The van der Waals surface area contributed by atoms with Crippen LogP contribution in [0.1, 0.15) is 19.0 Å². The molecule has 0 aliphatic rings. The van der Waals surface area contributed by atoms with E-state index in [4.69, 9.17) is 0 Å². The normalized spacial score (nSPS) is 10.8. The number of para-hydroxylation sites is 1. The van der Waals surface area contributed by atoms with Gasteiger partial charge in [-0.05, 0) is 18.6 Å². The van der Waals surface area contributed by atoms with Crippen LogP contribution in [0.5, 0.6) is 0 Å². The number of nitrogens with zero attached hydrogens (tertiary/aromatic N) is 3. The molecule has 0 saturated carbocycles. The Hall–Kier alpha value is -2.36. The van der Waals surface area contributed by atoms with Gasteiger partial charge in [0.15, 0.2) is 11.5 Å². The van der Waals surface area contributed by atoms with E-state index in [-0.39, 0.29) is 0 Å². The molecule has 96 valence electrons. The SMILES string of the molecule is CCCc1cnc2c(Nc3ccccc3)nccn12. The quantitative estimate of drug-likeness (QED) is 0.773. The second-order valence-electron chi connectivity index (χ2n) is 4.46. The average molecular weight is 252 g/mol. The molecule has 0 bridgehead atoms. The number of anilines is 2. The Morgan fingerprint density at radius 2 is 2.00 bits per heavy atom. The topological polar surface area (TPSA) is 42.2 Å². The largest absolute Gasteiger partial charge is 0.337 e. The fourth-order valence-electron chi connectivity index (χ4n) is 2.16. The summed E-state index contributed by atoms with van der Waals surface area (Å²) in [5.41, 5.74) is 3.11. The van der Waals surface area contributed by atoms with Crippen molar-refractivity contribution in [2.45, 2.75) is 19.8 Å². The lowest BCUT2D eigenvalue weighted by Gasteiger charge is -2.07. The zero-order valence-corrected chi connectivity index (χ0v) is 10.9. The van der Waals surface area contributed by atoms with Gasteiger partial charge in [-0.1, -0.05) is 31.5 Å². The van der Waals surface area contributed by atoms with Crippen LogP contribution < -0.4 is 5.32 Å². The van der Waals surface area contributed by atoms with Crippen molar-refractivity contribution in [3.05, 3.63) is 54.6 Å². The van der Waals surface area contributed by atoms with Crippen molar-refractivity contribution in [2.24, 2.45) is 0 Å². The first kappa shape index (κ1) is 11.7. The smallest absolute Gasteiger partial charge is 0.180 e. The molecular formula is C15H16N4. The maximum absolute atomic E-state index is 4.47. The second kappa shape index (κ2) is 5.10. The first-order chi connectivity index (χ1) is 9.38. The van der Waals surface area contributed by atoms with Crippen molar-refractivity contribution in [3.63, 3.8) is 0 Å². The van der Waals surface area contributed by atoms with Crippen molar-refractivity contribution in [2.75, 3.05) is 5.32 Å². The average Bonchev–Trinajstić information content (AvgIpc) is 2.85. The molecule has 0 aliphatic heterocycles. The highest BCUT2D eigenvalue weighted by molar-refractivity contribution is 5.69. The Kier molecular flexibility index (Phi) is 3.14. The number of hydrogen-bond acceptors (Lipinski definition) is 3. The van der Waals surface area contributed by atoms with Crippen LogP contribution in [0.3, 0.4) is 0 Å². The monoisotopic (exact) mass is 252 g/mol. The fourth-order valence-corrected chi connectivity index (χ4v) is 2.16. The molecule has 0 saturated heterocycles. The number of hydrogen-bond donors (Lipinski definition) is 1. The lowest BCUT2D eigenvalue weighted by Crippen LogP contribution is -1.99. The van der Waals surface area contributed by atoms with Gasteiger partial charge in [0.1, 0.15) is 0 Å². The summed E-state index contributed by atoms with van der Waals surface area (Å²) in [6, 6.07) is 10.0. The molecule has 2 aromatic heterocycles. The maximum atomic E-state index is 4.47. The van der Waals surface area contributed by atoms with Gasteiger partial charge in [-0.3, -0.25) is 4.40 Å². The van der Waals surface area contributed by atoms with Gasteiger partial charge >= 0.3 is 0 Å². The van der Waals surface area contributed by atoms with Gasteiger partial charge in [-0.2, -0.15) is 0 Å². The number of fused-ring (bicyclic) bond motifs is 1. The van der Waals surface area contributed by atoms with E-state index in [2.05, 4.69) is 26.6 Å². The summed E-state index contributed by atoms with van der Waals surface area (Å²) in [4.78, 5) is 8.85. The van der Waals surface area contributed by atoms with Crippen molar-refractivity contribution >= 4 is 17.2 Å². The lowest BCUT2D eigenvalue weighted by atomic mass is 10.3. The molecule has 3 rings (SSSR count). The highest BCUT2D eigenvalue weighted by atomic mass is 15.1. The molecule has 4 heteroatoms.